The van der Waals surface area contributed by atoms with Gasteiger partial charge in [-0.25, -0.2) is 0 Å². The first-order valence-electron chi connectivity index (χ1n) is 5.41. The molecule has 0 aliphatic heterocycles. The van der Waals surface area contributed by atoms with E-state index in [-0.39, 0.29) is 5.84 Å². The van der Waals surface area contributed by atoms with Crippen LogP contribution in [0, 0.1) is 0 Å². The molecule has 0 spiro atoms. The second-order valence-corrected chi connectivity index (χ2v) is 5.62. The molecule has 0 aromatic heterocycles. The SMILES string of the molecule is N/C(=N/O)c1ccc(Br)cc1Oc1cc(Cl)cc(Cl)c1. The molecule has 2 aromatic carbocycles. The molecule has 0 atom stereocenters. The normalized spacial score (nSPS) is 11.4. The van der Waals surface area contributed by atoms with E-state index in [4.69, 9.17) is 38.9 Å². The summed E-state index contributed by atoms with van der Waals surface area (Å²) in [4.78, 5) is 0. The molecule has 4 nitrogen and oxygen atoms in total. The smallest absolute Gasteiger partial charge is 0.173 e. The van der Waals surface area contributed by atoms with E-state index in [1.165, 1.54) is 0 Å². The second kappa shape index (κ2) is 6.35. The number of hydrogen-bond acceptors (Lipinski definition) is 3. The van der Waals surface area contributed by atoms with Crippen molar-refractivity contribution in [3.05, 3.63) is 56.5 Å². The number of nitrogens with two attached hydrogens (primary N) is 1. The van der Waals surface area contributed by atoms with Crippen LogP contribution >= 0.6 is 39.1 Å². The van der Waals surface area contributed by atoms with Gasteiger partial charge in [0.05, 0.1) is 5.56 Å². The number of benzene rings is 2. The fraction of sp³-hybridized carbons (Fsp3) is 0. The lowest BCUT2D eigenvalue weighted by Crippen LogP contribution is -2.14. The van der Waals surface area contributed by atoms with Gasteiger partial charge in [-0.15, -0.1) is 0 Å². The van der Waals surface area contributed by atoms with E-state index in [2.05, 4.69) is 21.1 Å². The molecule has 0 radical (unpaired) electrons. The lowest BCUT2D eigenvalue weighted by molar-refractivity contribution is 0.318. The number of hydrogen-bond donors (Lipinski definition) is 2. The summed E-state index contributed by atoms with van der Waals surface area (Å²) < 4.78 is 6.49. The first kappa shape index (κ1) is 15.0. The molecule has 20 heavy (non-hydrogen) atoms. The number of halogens is 3. The van der Waals surface area contributed by atoms with Crippen molar-refractivity contribution in [3.63, 3.8) is 0 Å². The highest BCUT2D eigenvalue weighted by molar-refractivity contribution is 9.10. The van der Waals surface area contributed by atoms with Crippen molar-refractivity contribution >= 4 is 45.0 Å². The summed E-state index contributed by atoms with van der Waals surface area (Å²) in [5.41, 5.74) is 6.06. The van der Waals surface area contributed by atoms with Crippen LogP contribution in [0.2, 0.25) is 10.0 Å². The molecule has 0 fully saturated rings. The van der Waals surface area contributed by atoms with E-state index in [1.807, 2.05) is 0 Å². The van der Waals surface area contributed by atoms with Crippen LogP contribution in [0.15, 0.2) is 46.0 Å². The van der Waals surface area contributed by atoms with Gasteiger partial charge in [0.15, 0.2) is 5.84 Å². The van der Waals surface area contributed by atoms with Gasteiger partial charge in [-0.05, 0) is 36.4 Å². The van der Waals surface area contributed by atoms with Crippen molar-refractivity contribution in [2.75, 3.05) is 0 Å². The quantitative estimate of drug-likeness (QED) is 0.355. The third kappa shape index (κ3) is 3.56. The van der Waals surface area contributed by atoms with Crippen LogP contribution in [0.25, 0.3) is 0 Å². The van der Waals surface area contributed by atoms with E-state index in [1.54, 1.807) is 36.4 Å². The molecule has 104 valence electrons. The van der Waals surface area contributed by atoms with Gasteiger partial charge in [0.1, 0.15) is 11.5 Å². The highest BCUT2D eigenvalue weighted by Crippen LogP contribution is 2.32. The fourth-order valence-corrected chi connectivity index (χ4v) is 2.41. The standard InChI is InChI=1S/C13H9BrCl2N2O2/c14-7-1-2-11(13(17)18-19)12(3-7)20-10-5-8(15)4-9(16)6-10/h1-6,19H,(H2,17,18). The Labute approximate surface area is 133 Å². The van der Waals surface area contributed by atoms with E-state index >= 15 is 0 Å². The minimum Gasteiger partial charge on any atom is -0.456 e. The van der Waals surface area contributed by atoms with Gasteiger partial charge in [0, 0.05) is 14.5 Å². The van der Waals surface area contributed by atoms with Crippen LogP contribution in [0.4, 0.5) is 0 Å². The van der Waals surface area contributed by atoms with E-state index in [9.17, 15) is 0 Å². The summed E-state index contributed by atoms with van der Waals surface area (Å²) in [6.45, 7) is 0. The molecule has 7 heteroatoms. The van der Waals surface area contributed by atoms with Crippen molar-refractivity contribution in [3.8, 4) is 11.5 Å². The molecule has 0 unspecified atom stereocenters. The van der Waals surface area contributed by atoms with Gasteiger partial charge in [0.25, 0.3) is 0 Å². The Morgan fingerprint density at radius 3 is 2.40 bits per heavy atom. The predicted molar refractivity (Wildman–Crippen MR) is 83.2 cm³/mol. The number of oxime groups is 1. The summed E-state index contributed by atoms with van der Waals surface area (Å²) in [7, 11) is 0. The lowest BCUT2D eigenvalue weighted by Gasteiger charge is -2.11. The maximum Gasteiger partial charge on any atom is 0.173 e. The largest absolute Gasteiger partial charge is 0.456 e. The van der Waals surface area contributed by atoms with Gasteiger partial charge in [0.2, 0.25) is 0 Å². The Morgan fingerprint density at radius 1 is 1.15 bits per heavy atom. The number of ether oxygens (including phenoxy) is 1. The van der Waals surface area contributed by atoms with Crippen molar-refractivity contribution in [1.29, 1.82) is 0 Å². The third-order valence-corrected chi connectivity index (χ3v) is 3.32. The van der Waals surface area contributed by atoms with Crippen LogP contribution in [0.1, 0.15) is 5.56 Å². The van der Waals surface area contributed by atoms with Crippen molar-refractivity contribution < 1.29 is 9.94 Å². The molecule has 0 aliphatic carbocycles. The van der Waals surface area contributed by atoms with Crippen molar-refractivity contribution in [2.24, 2.45) is 10.9 Å². The van der Waals surface area contributed by atoms with Gasteiger partial charge in [-0.3, -0.25) is 0 Å². The first-order chi connectivity index (χ1) is 9.49. The zero-order valence-electron chi connectivity index (χ0n) is 9.98. The Kier molecular flexibility index (Phi) is 4.75. The second-order valence-electron chi connectivity index (χ2n) is 3.83. The van der Waals surface area contributed by atoms with Gasteiger partial charge >= 0.3 is 0 Å². The molecule has 2 rings (SSSR count). The Bertz CT molecular complexity index is 657. The van der Waals surface area contributed by atoms with Gasteiger partial charge in [-0.1, -0.05) is 44.3 Å². The maximum absolute atomic E-state index is 8.79. The van der Waals surface area contributed by atoms with Crippen LogP contribution in [0.3, 0.4) is 0 Å². The number of rotatable bonds is 3. The molecule has 3 N–H and O–H groups in total. The average Bonchev–Trinajstić information content (AvgIpc) is 2.37. The monoisotopic (exact) mass is 374 g/mol. The zero-order valence-corrected chi connectivity index (χ0v) is 13.1. The lowest BCUT2D eigenvalue weighted by atomic mass is 10.2. The first-order valence-corrected chi connectivity index (χ1v) is 6.96. The Balaban J connectivity index is 2.44. The molecule has 0 heterocycles. The molecule has 0 bridgehead atoms. The molecule has 0 aliphatic rings. The van der Waals surface area contributed by atoms with Crippen LogP contribution < -0.4 is 10.5 Å². The van der Waals surface area contributed by atoms with Gasteiger partial charge in [-0.2, -0.15) is 0 Å². The maximum atomic E-state index is 8.79. The third-order valence-electron chi connectivity index (χ3n) is 2.39. The van der Waals surface area contributed by atoms with E-state index in [0.717, 1.165) is 4.47 Å². The minimum absolute atomic E-state index is 0.0550. The van der Waals surface area contributed by atoms with Crippen LogP contribution in [-0.4, -0.2) is 11.0 Å². The molecule has 2 aromatic rings. The fourth-order valence-electron chi connectivity index (χ4n) is 1.56. The van der Waals surface area contributed by atoms with Crippen molar-refractivity contribution in [1.82, 2.24) is 0 Å². The minimum atomic E-state index is -0.0550. The van der Waals surface area contributed by atoms with Gasteiger partial charge < -0.3 is 15.7 Å². The number of nitrogens with zero attached hydrogens (tertiary/aromatic N) is 1. The zero-order chi connectivity index (χ0) is 14.7. The van der Waals surface area contributed by atoms with Crippen molar-refractivity contribution in [2.45, 2.75) is 0 Å². The Hall–Kier alpha value is -1.43. The molecule has 0 saturated carbocycles. The summed E-state index contributed by atoms with van der Waals surface area (Å²) in [6.07, 6.45) is 0. The number of amidine groups is 1. The molecule has 0 saturated heterocycles. The predicted octanol–water partition coefficient (Wildman–Crippen LogP) is 4.64. The van der Waals surface area contributed by atoms with Crippen LogP contribution in [0.5, 0.6) is 11.5 Å². The highest BCUT2D eigenvalue weighted by atomic mass is 79.9. The summed E-state index contributed by atoms with van der Waals surface area (Å²) >= 11 is 15.2. The molecular formula is C13H9BrCl2N2O2. The van der Waals surface area contributed by atoms with Crippen LogP contribution in [-0.2, 0) is 0 Å². The Morgan fingerprint density at radius 2 is 1.80 bits per heavy atom. The average molecular weight is 376 g/mol. The highest BCUT2D eigenvalue weighted by Gasteiger charge is 2.11. The summed E-state index contributed by atoms with van der Waals surface area (Å²) in [5.74, 6) is 0.807. The topological polar surface area (TPSA) is 67.8 Å². The molecule has 0 amide bonds. The van der Waals surface area contributed by atoms with E-state index in [0.29, 0.717) is 27.1 Å². The molecular weight excluding hydrogens is 367 g/mol. The van der Waals surface area contributed by atoms with E-state index < -0.39 is 0 Å². The summed E-state index contributed by atoms with van der Waals surface area (Å²) in [5, 5.41) is 12.7. The summed E-state index contributed by atoms with van der Waals surface area (Å²) in [6, 6.07) is 9.95.